The van der Waals surface area contributed by atoms with Crippen LogP contribution < -0.4 is 5.32 Å². The lowest BCUT2D eigenvalue weighted by molar-refractivity contribution is -0.133. The Balaban J connectivity index is 1.65. The molecule has 0 bridgehead atoms. The number of anilines is 1. The number of aliphatic hydroxyl groups excluding tert-OH is 1. The molecule has 2 aromatic carbocycles. The van der Waals surface area contributed by atoms with Gasteiger partial charge in [-0.3, -0.25) is 23.7 Å². The Kier molecular flexibility index (Phi) is 13.3. The molecule has 3 aromatic rings. The topological polar surface area (TPSA) is 150 Å². The molecule has 1 aromatic heterocycles. The van der Waals surface area contributed by atoms with E-state index in [1.54, 1.807) is 19.1 Å². The van der Waals surface area contributed by atoms with Crippen LogP contribution in [0.3, 0.4) is 0 Å². The molecule has 16 heteroatoms. The van der Waals surface area contributed by atoms with E-state index in [-0.39, 0.29) is 49.1 Å². The maximum absolute atomic E-state index is 13.8. The zero-order valence-corrected chi connectivity index (χ0v) is 25.9. The lowest BCUT2D eigenvalue weighted by atomic mass is 10.1. The van der Waals surface area contributed by atoms with Crippen LogP contribution in [0.25, 0.3) is 11.3 Å². The van der Waals surface area contributed by atoms with E-state index in [1.165, 1.54) is 48.3 Å². The van der Waals surface area contributed by atoms with Gasteiger partial charge in [0.05, 0.1) is 30.4 Å². The third-order valence-corrected chi connectivity index (χ3v) is 8.23. The zero-order valence-electron chi connectivity index (χ0n) is 24.2. The SMILES string of the molecule is CCOP(=O)(OC)OC[C@H](O)C[C@@H](COC(=O)Nc1cc(-c2cccc(F)c2)on1)N(C)C(=O)CCc1cccc(F)c1Cl. The average molecular weight is 660 g/mol. The van der Waals surface area contributed by atoms with Gasteiger partial charge in [-0.2, -0.15) is 0 Å². The number of likely N-dealkylation sites (N-methyl/N-ethyl adjacent to an activating group) is 1. The first-order valence-corrected chi connectivity index (χ1v) is 15.3. The van der Waals surface area contributed by atoms with Crippen molar-refractivity contribution >= 4 is 37.2 Å². The Morgan fingerprint density at radius 1 is 1.16 bits per heavy atom. The maximum Gasteiger partial charge on any atom is 0.474 e. The Morgan fingerprint density at radius 3 is 2.61 bits per heavy atom. The molecule has 0 fully saturated rings. The number of phosphoric acid groups is 1. The second-order valence-corrected chi connectivity index (χ2v) is 11.6. The zero-order chi connectivity index (χ0) is 32.3. The van der Waals surface area contributed by atoms with E-state index >= 15 is 0 Å². The first-order valence-electron chi connectivity index (χ1n) is 13.4. The summed E-state index contributed by atoms with van der Waals surface area (Å²) in [5.41, 5.74) is 0.836. The molecule has 0 aliphatic heterocycles. The normalized spacial score (nSPS) is 14.0. The van der Waals surface area contributed by atoms with Gasteiger partial charge in [0.25, 0.3) is 0 Å². The van der Waals surface area contributed by atoms with Gasteiger partial charge >= 0.3 is 13.9 Å². The van der Waals surface area contributed by atoms with Crippen molar-refractivity contribution < 1.29 is 50.9 Å². The quantitative estimate of drug-likeness (QED) is 0.180. The Morgan fingerprint density at radius 2 is 1.91 bits per heavy atom. The van der Waals surface area contributed by atoms with Crippen molar-refractivity contribution in [1.82, 2.24) is 10.1 Å². The summed E-state index contributed by atoms with van der Waals surface area (Å²) in [7, 11) is -1.33. The summed E-state index contributed by atoms with van der Waals surface area (Å²) in [5.74, 6) is -1.32. The first-order chi connectivity index (χ1) is 20.9. The van der Waals surface area contributed by atoms with Crippen LogP contribution in [0.4, 0.5) is 19.4 Å². The monoisotopic (exact) mass is 659 g/mol. The molecule has 0 radical (unpaired) electrons. The number of aryl methyl sites for hydroxylation is 1. The summed E-state index contributed by atoms with van der Waals surface area (Å²) in [6.45, 7) is 0.766. The summed E-state index contributed by atoms with van der Waals surface area (Å²) in [5, 5.41) is 16.6. The molecular weight excluding hydrogens is 627 g/mol. The second-order valence-electron chi connectivity index (χ2n) is 9.41. The number of phosphoric ester groups is 1. The molecule has 2 amide bonds. The highest BCUT2D eigenvalue weighted by Crippen LogP contribution is 2.48. The summed E-state index contributed by atoms with van der Waals surface area (Å²) in [4.78, 5) is 26.9. The number of nitrogens with zero attached hydrogens (tertiary/aromatic N) is 2. The Labute approximate surface area is 257 Å². The van der Waals surface area contributed by atoms with E-state index in [0.717, 1.165) is 7.11 Å². The minimum Gasteiger partial charge on any atom is -0.447 e. The lowest BCUT2D eigenvalue weighted by Crippen LogP contribution is -2.43. The van der Waals surface area contributed by atoms with Crippen LogP contribution >= 0.6 is 19.4 Å². The Bertz CT molecular complexity index is 1460. The highest BCUT2D eigenvalue weighted by atomic mass is 35.5. The molecule has 2 N–H and O–H groups in total. The van der Waals surface area contributed by atoms with Gasteiger partial charge in [-0.05, 0) is 43.5 Å². The van der Waals surface area contributed by atoms with Crippen molar-refractivity contribution in [2.45, 2.75) is 38.3 Å². The smallest absolute Gasteiger partial charge is 0.447 e. The fourth-order valence-corrected chi connectivity index (χ4v) is 5.16. The van der Waals surface area contributed by atoms with Gasteiger partial charge in [-0.1, -0.05) is 41.0 Å². The van der Waals surface area contributed by atoms with Crippen molar-refractivity contribution in [3.8, 4) is 11.3 Å². The molecule has 1 unspecified atom stereocenters. The summed E-state index contributed by atoms with van der Waals surface area (Å²) in [6, 6.07) is 10.4. The van der Waals surface area contributed by atoms with E-state index in [4.69, 9.17) is 34.4 Å². The van der Waals surface area contributed by atoms with Crippen molar-refractivity contribution in [3.05, 3.63) is 70.8 Å². The molecule has 0 saturated carbocycles. The molecule has 0 aliphatic rings. The van der Waals surface area contributed by atoms with Crippen LogP contribution in [0.5, 0.6) is 0 Å². The summed E-state index contributed by atoms with van der Waals surface area (Å²) in [6.07, 6.45) is -2.34. The number of hydrogen-bond donors (Lipinski definition) is 2. The second kappa shape index (κ2) is 16.6. The lowest BCUT2D eigenvalue weighted by Gasteiger charge is -2.30. The number of carbonyl (C=O) groups excluding carboxylic acids is 2. The van der Waals surface area contributed by atoms with Crippen LogP contribution in [-0.4, -0.2) is 73.3 Å². The predicted octanol–water partition coefficient (Wildman–Crippen LogP) is 5.84. The molecule has 1 heterocycles. The molecule has 0 saturated heterocycles. The molecule has 0 spiro atoms. The predicted molar refractivity (Wildman–Crippen MR) is 156 cm³/mol. The van der Waals surface area contributed by atoms with Crippen molar-refractivity contribution in [2.24, 2.45) is 0 Å². The van der Waals surface area contributed by atoms with E-state index < -0.39 is 50.2 Å². The van der Waals surface area contributed by atoms with E-state index in [0.29, 0.717) is 11.1 Å². The highest BCUT2D eigenvalue weighted by molar-refractivity contribution is 7.48. The van der Waals surface area contributed by atoms with Gasteiger partial charge in [-0.15, -0.1) is 0 Å². The van der Waals surface area contributed by atoms with Gasteiger partial charge < -0.3 is 19.3 Å². The number of halogens is 3. The van der Waals surface area contributed by atoms with Gasteiger partial charge in [0.2, 0.25) is 5.91 Å². The van der Waals surface area contributed by atoms with E-state index in [2.05, 4.69) is 10.5 Å². The summed E-state index contributed by atoms with van der Waals surface area (Å²) >= 11 is 6.00. The third-order valence-electron chi connectivity index (χ3n) is 6.32. The van der Waals surface area contributed by atoms with Gasteiger partial charge in [0, 0.05) is 32.2 Å². The molecular formula is C28H33ClF2N3O9P. The molecule has 240 valence electrons. The molecule has 0 aliphatic carbocycles. The van der Waals surface area contributed by atoms with Crippen molar-refractivity contribution in [3.63, 3.8) is 0 Å². The van der Waals surface area contributed by atoms with Gasteiger partial charge in [0.15, 0.2) is 11.6 Å². The minimum atomic E-state index is -3.90. The van der Waals surface area contributed by atoms with Crippen molar-refractivity contribution in [1.29, 1.82) is 0 Å². The van der Waals surface area contributed by atoms with Crippen LogP contribution in [-0.2, 0) is 34.1 Å². The van der Waals surface area contributed by atoms with Crippen LogP contribution in [0.15, 0.2) is 53.1 Å². The molecule has 12 nitrogen and oxygen atoms in total. The van der Waals surface area contributed by atoms with Crippen molar-refractivity contribution in [2.75, 3.05) is 39.3 Å². The number of ether oxygens (including phenoxy) is 1. The average Bonchev–Trinajstić information content (AvgIpc) is 3.47. The fraction of sp³-hybridized carbons (Fsp3) is 0.393. The van der Waals surface area contributed by atoms with E-state index in [9.17, 15) is 28.0 Å². The third kappa shape index (κ3) is 10.4. The maximum atomic E-state index is 13.8. The Hall–Kier alpha value is -3.39. The number of aromatic nitrogens is 1. The first kappa shape index (κ1) is 35.1. The van der Waals surface area contributed by atoms with E-state index in [1.807, 2.05) is 0 Å². The number of carbonyl (C=O) groups is 2. The van der Waals surface area contributed by atoms with Gasteiger partial charge in [0.1, 0.15) is 18.2 Å². The number of aliphatic hydroxyl groups is 1. The summed E-state index contributed by atoms with van der Waals surface area (Å²) < 4.78 is 65.1. The number of rotatable bonds is 16. The largest absolute Gasteiger partial charge is 0.474 e. The fourth-order valence-electron chi connectivity index (χ4n) is 3.99. The van der Waals surface area contributed by atoms with Crippen LogP contribution in [0, 0.1) is 11.6 Å². The number of amides is 2. The number of hydrogen-bond acceptors (Lipinski definition) is 10. The number of benzene rings is 2. The van der Waals surface area contributed by atoms with Gasteiger partial charge in [-0.25, -0.2) is 18.1 Å². The molecule has 44 heavy (non-hydrogen) atoms. The molecule has 3 atom stereocenters. The molecule has 3 rings (SSSR count). The minimum absolute atomic E-state index is 0.0121. The highest BCUT2D eigenvalue weighted by Gasteiger charge is 2.29. The number of nitrogens with one attached hydrogen (secondary N) is 1. The van der Waals surface area contributed by atoms with Crippen LogP contribution in [0.1, 0.15) is 25.3 Å². The standard InChI is InChI=1S/C28H33ClF2N3O9P/c1-4-41-44(38,39-3)42-17-22(35)14-21(34(2)26(36)12-11-18-7-6-10-23(31)27(18)29)16-40-28(37)32-25-15-24(43-33-25)19-8-5-9-20(30)13-19/h5-10,13,15,21-22,35H,4,11-12,14,16-17H2,1-3H3,(H,32,33,37)/t21-,22+,44?/m0/s1. The van der Waals surface area contributed by atoms with Crippen LogP contribution in [0.2, 0.25) is 5.02 Å².